The molecule has 0 aromatic carbocycles. The van der Waals surface area contributed by atoms with Crippen molar-refractivity contribution >= 4 is 0 Å². The van der Waals surface area contributed by atoms with Gasteiger partial charge in [0.2, 0.25) is 0 Å². The molecule has 0 saturated heterocycles. The highest BCUT2D eigenvalue weighted by molar-refractivity contribution is 5.12. The van der Waals surface area contributed by atoms with E-state index in [9.17, 15) is 0 Å². The average molecular weight is 291 g/mol. The van der Waals surface area contributed by atoms with Crippen LogP contribution >= 0.6 is 0 Å². The van der Waals surface area contributed by atoms with Gasteiger partial charge in [0.1, 0.15) is 18.1 Å². The fraction of sp³-hybridized carbons (Fsp3) is 0.778. The number of furan rings is 1. The average Bonchev–Trinajstić information content (AvgIpc) is 3.04. The Kier molecular flexibility index (Phi) is 3.91. The second kappa shape index (κ2) is 5.44. The van der Waals surface area contributed by atoms with Crippen molar-refractivity contribution in [3.8, 4) is 0 Å². The van der Waals surface area contributed by atoms with Crippen LogP contribution in [0.4, 0.5) is 0 Å². The van der Waals surface area contributed by atoms with Crippen molar-refractivity contribution in [1.82, 2.24) is 5.32 Å². The first kappa shape index (κ1) is 15.1. The van der Waals surface area contributed by atoms with Gasteiger partial charge in [0.05, 0.1) is 12.6 Å². The van der Waals surface area contributed by atoms with Gasteiger partial charge >= 0.3 is 0 Å². The number of nitrogens with one attached hydrogen (secondary N) is 1. The molecular weight excluding hydrogens is 262 g/mol. The monoisotopic (exact) mass is 291 g/mol. The first-order valence-electron chi connectivity index (χ1n) is 8.37. The third kappa shape index (κ3) is 2.44. The molecule has 2 saturated carbocycles. The van der Waals surface area contributed by atoms with Crippen LogP contribution in [-0.2, 0) is 17.9 Å². The summed E-state index contributed by atoms with van der Waals surface area (Å²) in [4.78, 5) is 0. The molecule has 0 radical (unpaired) electrons. The normalized spacial score (nSPS) is 33.7. The van der Waals surface area contributed by atoms with Crippen molar-refractivity contribution < 1.29 is 9.15 Å². The molecule has 1 aromatic rings. The highest BCUT2D eigenvalue weighted by Gasteiger charge is 2.61. The summed E-state index contributed by atoms with van der Waals surface area (Å²) in [6.07, 6.45) is 4.28. The molecule has 1 aromatic heterocycles. The van der Waals surface area contributed by atoms with Gasteiger partial charge in [-0.2, -0.15) is 0 Å². The van der Waals surface area contributed by atoms with E-state index in [1.54, 1.807) is 0 Å². The third-order valence-corrected chi connectivity index (χ3v) is 6.41. The summed E-state index contributed by atoms with van der Waals surface area (Å²) in [5, 5.41) is 3.28. The molecule has 0 aliphatic heterocycles. The maximum Gasteiger partial charge on any atom is 0.129 e. The van der Waals surface area contributed by atoms with Crippen molar-refractivity contribution in [2.75, 3.05) is 6.54 Å². The minimum atomic E-state index is 0.330. The predicted octanol–water partition coefficient (Wildman–Crippen LogP) is 4.12. The molecule has 1 heterocycles. The number of rotatable bonds is 6. The largest absolute Gasteiger partial charge is 0.462 e. The number of hydrogen-bond donors (Lipinski definition) is 1. The van der Waals surface area contributed by atoms with Gasteiger partial charge in [-0.15, -0.1) is 0 Å². The second-order valence-corrected chi connectivity index (χ2v) is 7.56. The molecule has 1 N–H and O–H groups in total. The van der Waals surface area contributed by atoms with Crippen LogP contribution in [0.25, 0.3) is 0 Å². The van der Waals surface area contributed by atoms with Crippen LogP contribution in [-0.4, -0.2) is 12.6 Å². The van der Waals surface area contributed by atoms with Crippen LogP contribution in [0.3, 0.4) is 0 Å². The molecule has 3 nitrogen and oxygen atoms in total. The van der Waals surface area contributed by atoms with Crippen LogP contribution in [0.1, 0.15) is 58.5 Å². The molecular formula is C18H29NO2. The Hall–Kier alpha value is -0.800. The zero-order chi connectivity index (χ0) is 15.1. The van der Waals surface area contributed by atoms with Gasteiger partial charge in [0.25, 0.3) is 0 Å². The summed E-state index contributed by atoms with van der Waals surface area (Å²) >= 11 is 0. The van der Waals surface area contributed by atoms with Gasteiger partial charge in [0.15, 0.2) is 0 Å². The maximum atomic E-state index is 6.27. The number of fused-ring (bicyclic) bond motifs is 2. The standard InChI is InChI=1S/C18H29NO2/c1-5-19-11-14-6-7-15(21-14)12-20-16-10-13-8-9-18(16,4)17(13,2)3/h6-7,13,16,19H,5,8-12H2,1-4H3. The van der Waals surface area contributed by atoms with Crippen molar-refractivity contribution in [1.29, 1.82) is 0 Å². The fourth-order valence-corrected chi connectivity index (χ4v) is 4.41. The van der Waals surface area contributed by atoms with E-state index in [4.69, 9.17) is 9.15 Å². The summed E-state index contributed by atoms with van der Waals surface area (Å²) in [5.74, 6) is 2.77. The predicted molar refractivity (Wildman–Crippen MR) is 83.9 cm³/mol. The summed E-state index contributed by atoms with van der Waals surface area (Å²) in [5.41, 5.74) is 0.744. The Bertz CT molecular complexity index is 493. The lowest BCUT2D eigenvalue weighted by Crippen LogP contribution is -2.37. The van der Waals surface area contributed by atoms with E-state index in [-0.39, 0.29) is 0 Å². The van der Waals surface area contributed by atoms with E-state index in [1.807, 2.05) is 12.1 Å². The van der Waals surface area contributed by atoms with Gasteiger partial charge < -0.3 is 14.5 Å². The second-order valence-electron chi connectivity index (χ2n) is 7.56. The molecule has 2 fully saturated rings. The molecule has 3 rings (SSSR count). The molecule has 3 unspecified atom stereocenters. The Labute approximate surface area is 128 Å². The Morgan fingerprint density at radius 2 is 2.05 bits per heavy atom. The van der Waals surface area contributed by atoms with Gasteiger partial charge in [-0.05, 0) is 54.7 Å². The summed E-state index contributed by atoms with van der Waals surface area (Å²) < 4.78 is 12.1. The first-order chi connectivity index (χ1) is 9.97. The fourth-order valence-electron chi connectivity index (χ4n) is 4.41. The molecule has 2 bridgehead atoms. The quantitative estimate of drug-likeness (QED) is 0.856. The third-order valence-electron chi connectivity index (χ3n) is 6.41. The zero-order valence-electron chi connectivity index (χ0n) is 13.9. The maximum absolute atomic E-state index is 6.27. The van der Waals surface area contributed by atoms with Crippen LogP contribution in [0.15, 0.2) is 16.5 Å². The highest BCUT2D eigenvalue weighted by Crippen LogP contribution is 2.66. The van der Waals surface area contributed by atoms with Crippen LogP contribution in [0, 0.1) is 16.7 Å². The van der Waals surface area contributed by atoms with Crippen LogP contribution in [0.2, 0.25) is 0 Å². The molecule has 0 amide bonds. The molecule has 118 valence electrons. The highest BCUT2D eigenvalue weighted by atomic mass is 16.5. The van der Waals surface area contributed by atoms with E-state index >= 15 is 0 Å². The molecule has 2 aliphatic rings. The van der Waals surface area contributed by atoms with Gasteiger partial charge in [-0.1, -0.05) is 27.7 Å². The number of hydrogen-bond acceptors (Lipinski definition) is 3. The Balaban J connectivity index is 1.58. The van der Waals surface area contributed by atoms with E-state index in [0.717, 1.165) is 30.5 Å². The minimum absolute atomic E-state index is 0.330. The van der Waals surface area contributed by atoms with Crippen molar-refractivity contribution in [3.63, 3.8) is 0 Å². The molecule has 0 spiro atoms. The zero-order valence-corrected chi connectivity index (χ0v) is 13.9. The van der Waals surface area contributed by atoms with Crippen molar-refractivity contribution in [2.24, 2.45) is 16.7 Å². The van der Waals surface area contributed by atoms with Gasteiger partial charge in [-0.3, -0.25) is 0 Å². The van der Waals surface area contributed by atoms with Crippen LogP contribution in [0.5, 0.6) is 0 Å². The lowest BCUT2D eigenvalue weighted by molar-refractivity contribution is -0.0599. The van der Waals surface area contributed by atoms with Crippen LogP contribution < -0.4 is 5.32 Å². The summed E-state index contributed by atoms with van der Waals surface area (Å²) in [6.45, 7) is 11.7. The van der Waals surface area contributed by atoms with Gasteiger partial charge in [0, 0.05) is 0 Å². The minimum Gasteiger partial charge on any atom is -0.462 e. The van der Waals surface area contributed by atoms with E-state index < -0.39 is 0 Å². The first-order valence-corrected chi connectivity index (χ1v) is 8.37. The molecule has 3 heteroatoms. The molecule has 21 heavy (non-hydrogen) atoms. The summed E-state index contributed by atoms with van der Waals surface area (Å²) in [7, 11) is 0. The smallest absolute Gasteiger partial charge is 0.129 e. The number of ether oxygens (including phenoxy) is 1. The summed E-state index contributed by atoms with van der Waals surface area (Å²) in [6, 6.07) is 4.10. The lowest BCUT2D eigenvalue weighted by Gasteiger charge is -2.38. The van der Waals surface area contributed by atoms with E-state index in [2.05, 4.69) is 33.0 Å². The SMILES string of the molecule is CCNCc1ccc(COC2CC3CCC2(C)C3(C)C)o1. The van der Waals surface area contributed by atoms with Crippen molar-refractivity contribution in [2.45, 2.75) is 66.2 Å². The van der Waals surface area contributed by atoms with Crippen molar-refractivity contribution in [3.05, 3.63) is 23.7 Å². The Morgan fingerprint density at radius 1 is 1.29 bits per heavy atom. The van der Waals surface area contributed by atoms with E-state index in [0.29, 0.717) is 23.5 Å². The topological polar surface area (TPSA) is 34.4 Å². The van der Waals surface area contributed by atoms with E-state index in [1.165, 1.54) is 19.3 Å². The lowest BCUT2D eigenvalue weighted by atomic mass is 9.70. The van der Waals surface area contributed by atoms with Gasteiger partial charge in [-0.25, -0.2) is 0 Å². The molecule has 2 aliphatic carbocycles. The Morgan fingerprint density at radius 3 is 2.67 bits per heavy atom. The molecule has 3 atom stereocenters.